The zero-order chi connectivity index (χ0) is 14.4. The summed E-state index contributed by atoms with van der Waals surface area (Å²) in [6.07, 6.45) is 5.03. The molecule has 18 heavy (non-hydrogen) atoms. The lowest BCUT2D eigenvalue weighted by Gasteiger charge is -2.17. The third kappa shape index (κ3) is 8.28. The summed E-state index contributed by atoms with van der Waals surface area (Å²) in [5, 5.41) is 0. The highest BCUT2D eigenvalue weighted by atomic mass is 32.3. The lowest BCUT2D eigenvalue weighted by atomic mass is 10.4. The summed E-state index contributed by atoms with van der Waals surface area (Å²) in [5.41, 5.74) is 0. The van der Waals surface area contributed by atoms with E-state index in [1.54, 1.807) is 12.4 Å². The van der Waals surface area contributed by atoms with Gasteiger partial charge < -0.3 is 4.90 Å². The van der Waals surface area contributed by atoms with Crippen LogP contribution < -0.4 is 0 Å². The van der Waals surface area contributed by atoms with Crippen LogP contribution >= 0.6 is 0 Å². The first kappa shape index (κ1) is 17.2. The Balaban J connectivity index is 0.000000494. The summed E-state index contributed by atoms with van der Waals surface area (Å²) in [6, 6.07) is 0. The molecule has 0 unspecified atom stereocenters. The van der Waals surface area contributed by atoms with Crippen LogP contribution in [-0.4, -0.2) is 54.6 Å². The van der Waals surface area contributed by atoms with Crippen LogP contribution in [-0.2, 0) is 20.4 Å². The molecule has 0 aromatic heterocycles. The molecule has 0 fully saturated rings. The zero-order valence-electron chi connectivity index (χ0n) is 10.2. The second kappa shape index (κ2) is 6.92. The summed E-state index contributed by atoms with van der Waals surface area (Å²) in [7, 11) is -5.86. The average Bonchev–Trinajstić information content (AvgIpc) is 2.60. The molecule has 2 N–H and O–H groups in total. The summed E-state index contributed by atoms with van der Waals surface area (Å²) in [5.74, 6) is 0.252. The summed E-state index contributed by atoms with van der Waals surface area (Å²) in [4.78, 5) is 1.84. The monoisotopic (exact) mass is 302 g/mol. The maximum absolute atomic E-state index is 11.6. The van der Waals surface area contributed by atoms with E-state index in [1.165, 1.54) is 4.31 Å². The second-order valence-electron chi connectivity index (χ2n) is 3.70. The van der Waals surface area contributed by atoms with Crippen LogP contribution in [0, 0.1) is 0 Å². The second-order valence-corrected chi connectivity index (χ2v) is 6.64. The van der Waals surface area contributed by atoms with Crippen molar-refractivity contribution in [2.24, 2.45) is 0 Å². The Morgan fingerprint density at radius 3 is 2.00 bits per heavy atom. The molecule has 10 heteroatoms. The highest BCUT2D eigenvalue weighted by Gasteiger charge is 2.21. The van der Waals surface area contributed by atoms with Crippen LogP contribution in [0.4, 0.5) is 0 Å². The summed E-state index contributed by atoms with van der Waals surface area (Å²) >= 11 is 0. The Kier molecular flexibility index (Phi) is 6.60. The van der Waals surface area contributed by atoms with Crippen LogP contribution in [0.3, 0.4) is 0 Å². The van der Waals surface area contributed by atoms with Gasteiger partial charge in [-0.25, -0.2) is 8.42 Å². The van der Waals surface area contributed by atoms with Crippen molar-refractivity contribution in [1.29, 1.82) is 0 Å². The number of rotatable bonds is 4. The Hall–Kier alpha value is -0.840. The highest BCUT2D eigenvalue weighted by Crippen LogP contribution is 2.11. The molecular formula is C8H18N2O6S2. The lowest BCUT2D eigenvalue weighted by Crippen LogP contribution is -2.30. The Morgan fingerprint density at radius 1 is 1.17 bits per heavy atom. The molecule has 0 radical (unpaired) electrons. The molecule has 0 aliphatic carbocycles. The summed E-state index contributed by atoms with van der Waals surface area (Å²) < 4.78 is 56.1. The van der Waals surface area contributed by atoms with Crippen LogP contribution in [0.15, 0.2) is 12.4 Å². The Labute approximate surface area is 108 Å². The first-order valence-electron chi connectivity index (χ1n) is 5.14. The molecule has 0 aromatic carbocycles. The molecule has 0 amide bonds. The number of unbranched alkanes of at least 4 members (excludes halogenated alkanes) is 1. The van der Waals surface area contributed by atoms with Crippen LogP contribution in [0.5, 0.6) is 0 Å². The minimum Gasteiger partial charge on any atom is -0.361 e. The van der Waals surface area contributed by atoms with E-state index in [0.29, 0.717) is 6.67 Å². The minimum atomic E-state index is -4.67. The van der Waals surface area contributed by atoms with Gasteiger partial charge in [-0.15, -0.1) is 0 Å². The molecule has 0 bridgehead atoms. The SMILES string of the molecule is CCCCS(=O)(=O)N1C=CN(C)C1.O=S(=O)(O)O. The number of nitrogens with zero attached hydrogens (tertiary/aromatic N) is 2. The average molecular weight is 302 g/mol. The maximum Gasteiger partial charge on any atom is 0.394 e. The molecule has 0 saturated heterocycles. The van der Waals surface area contributed by atoms with Gasteiger partial charge in [0.05, 0.1) is 5.75 Å². The van der Waals surface area contributed by atoms with E-state index in [1.807, 2.05) is 18.9 Å². The fourth-order valence-corrected chi connectivity index (χ4v) is 2.61. The van der Waals surface area contributed by atoms with Crippen LogP contribution in [0.2, 0.25) is 0 Å². The quantitative estimate of drug-likeness (QED) is 0.710. The van der Waals surface area contributed by atoms with Crippen molar-refractivity contribution >= 4 is 20.4 Å². The minimum absolute atomic E-state index is 0.252. The summed E-state index contributed by atoms with van der Waals surface area (Å²) in [6.45, 7) is 2.44. The smallest absolute Gasteiger partial charge is 0.361 e. The molecule has 8 nitrogen and oxygen atoms in total. The molecule has 1 rings (SSSR count). The Morgan fingerprint density at radius 2 is 1.67 bits per heavy atom. The van der Waals surface area contributed by atoms with Crippen molar-refractivity contribution in [2.75, 3.05) is 19.5 Å². The van der Waals surface area contributed by atoms with Crippen molar-refractivity contribution < 1.29 is 25.9 Å². The largest absolute Gasteiger partial charge is 0.394 e. The molecule has 0 spiro atoms. The van der Waals surface area contributed by atoms with Gasteiger partial charge in [-0.3, -0.25) is 13.4 Å². The van der Waals surface area contributed by atoms with Gasteiger partial charge in [0.2, 0.25) is 10.0 Å². The third-order valence-electron chi connectivity index (χ3n) is 1.96. The molecule has 108 valence electrons. The standard InChI is InChI=1S/C8H16N2O2S.H2O4S/c1-3-4-7-13(11,12)10-6-5-9(2)8-10;1-5(2,3)4/h5-6H,3-4,7-8H2,1-2H3;(H2,1,2,3,4). The van der Waals surface area contributed by atoms with Crippen molar-refractivity contribution in [3.05, 3.63) is 12.4 Å². The van der Waals surface area contributed by atoms with E-state index in [2.05, 4.69) is 0 Å². The van der Waals surface area contributed by atoms with E-state index < -0.39 is 20.4 Å². The first-order valence-corrected chi connectivity index (χ1v) is 8.15. The van der Waals surface area contributed by atoms with Gasteiger partial charge in [-0.1, -0.05) is 13.3 Å². The normalized spacial score (nSPS) is 15.6. The van der Waals surface area contributed by atoms with Crippen molar-refractivity contribution in [2.45, 2.75) is 19.8 Å². The van der Waals surface area contributed by atoms with E-state index >= 15 is 0 Å². The van der Waals surface area contributed by atoms with E-state index in [-0.39, 0.29) is 5.75 Å². The molecule has 0 saturated carbocycles. The zero-order valence-corrected chi connectivity index (χ0v) is 11.9. The molecule has 1 heterocycles. The predicted molar refractivity (Wildman–Crippen MR) is 66.5 cm³/mol. The van der Waals surface area contributed by atoms with Gasteiger partial charge in [-0.05, 0) is 6.42 Å². The van der Waals surface area contributed by atoms with E-state index in [4.69, 9.17) is 17.5 Å². The van der Waals surface area contributed by atoms with Gasteiger partial charge >= 0.3 is 10.4 Å². The van der Waals surface area contributed by atoms with Crippen molar-refractivity contribution in [3.8, 4) is 0 Å². The van der Waals surface area contributed by atoms with Gasteiger partial charge in [0.1, 0.15) is 6.67 Å². The van der Waals surface area contributed by atoms with Gasteiger partial charge in [0.25, 0.3) is 0 Å². The van der Waals surface area contributed by atoms with E-state index in [9.17, 15) is 8.42 Å². The lowest BCUT2D eigenvalue weighted by molar-refractivity contribution is 0.380. The topological polar surface area (TPSA) is 115 Å². The van der Waals surface area contributed by atoms with Crippen molar-refractivity contribution in [1.82, 2.24) is 9.21 Å². The molecular weight excluding hydrogens is 284 g/mol. The predicted octanol–water partition coefficient (Wildman–Crippen LogP) is 0.140. The van der Waals surface area contributed by atoms with Gasteiger partial charge in [0, 0.05) is 19.4 Å². The van der Waals surface area contributed by atoms with Gasteiger partial charge in [0.15, 0.2) is 0 Å². The number of hydrogen-bond donors (Lipinski definition) is 2. The molecule has 1 aliphatic heterocycles. The number of sulfonamides is 1. The fraction of sp³-hybridized carbons (Fsp3) is 0.750. The highest BCUT2D eigenvalue weighted by molar-refractivity contribution is 7.89. The third-order valence-corrected chi connectivity index (χ3v) is 3.72. The van der Waals surface area contributed by atoms with Crippen molar-refractivity contribution in [3.63, 3.8) is 0 Å². The maximum atomic E-state index is 11.6. The van der Waals surface area contributed by atoms with Crippen LogP contribution in [0.25, 0.3) is 0 Å². The molecule has 0 atom stereocenters. The first-order chi connectivity index (χ1) is 8.06. The van der Waals surface area contributed by atoms with E-state index in [0.717, 1.165) is 12.8 Å². The molecule has 1 aliphatic rings. The van der Waals surface area contributed by atoms with Crippen LogP contribution in [0.1, 0.15) is 19.8 Å². The molecule has 0 aromatic rings. The number of hydrogen-bond acceptors (Lipinski definition) is 5. The Bertz CT molecular complexity index is 462. The fourth-order valence-electron chi connectivity index (χ4n) is 1.13. The van der Waals surface area contributed by atoms with Gasteiger partial charge in [-0.2, -0.15) is 8.42 Å².